The lowest BCUT2D eigenvalue weighted by Gasteiger charge is -2.31. The van der Waals surface area contributed by atoms with Gasteiger partial charge in [0.2, 0.25) is 15.9 Å². The smallest absolute Gasteiger partial charge is 0.268 e. The number of nitrogens with two attached hydrogens (primary N) is 1. The van der Waals surface area contributed by atoms with Gasteiger partial charge in [-0.1, -0.05) is 11.6 Å². The fraction of sp³-hybridized carbons (Fsp3) is 0.459. The second-order valence-electron chi connectivity index (χ2n) is 14.8. The summed E-state index contributed by atoms with van der Waals surface area (Å²) in [5, 5.41) is 4.81. The molecule has 11 nitrogen and oxygen atoms in total. The van der Waals surface area contributed by atoms with E-state index in [2.05, 4.69) is 9.82 Å². The average Bonchev–Trinajstić information content (AvgIpc) is 3.44. The quantitative estimate of drug-likeness (QED) is 0.144. The van der Waals surface area contributed by atoms with Crippen LogP contribution in [-0.2, 0) is 23.0 Å². The van der Waals surface area contributed by atoms with Crippen LogP contribution in [0.25, 0.3) is 27.6 Å². The van der Waals surface area contributed by atoms with Gasteiger partial charge in [-0.05, 0) is 67.6 Å². The van der Waals surface area contributed by atoms with Gasteiger partial charge in [-0.25, -0.2) is 44.7 Å². The van der Waals surface area contributed by atoms with Gasteiger partial charge in [0.15, 0.2) is 11.5 Å². The lowest BCUT2D eigenvalue weighted by molar-refractivity contribution is -0.0555. The predicted octanol–water partition coefficient (Wildman–Crippen LogP) is 7.01. The van der Waals surface area contributed by atoms with Crippen LogP contribution < -0.4 is 16.0 Å². The molecule has 2 aliphatic rings. The van der Waals surface area contributed by atoms with Crippen molar-refractivity contribution in [3.05, 3.63) is 86.1 Å². The zero-order chi connectivity index (χ0) is 40.3. The zero-order valence-corrected chi connectivity index (χ0v) is 32.0. The molecule has 7 rings (SSSR count). The lowest BCUT2D eigenvalue weighted by Crippen LogP contribution is -2.40. The van der Waals surface area contributed by atoms with Gasteiger partial charge in [0.25, 0.3) is 11.5 Å². The summed E-state index contributed by atoms with van der Waals surface area (Å²) in [4.78, 5) is 26.2. The Hall–Kier alpha value is -4.26. The van der Waals surface area contributed by atoms with E-state index < -0.39 is 45.1 Å². The van der Waals surface area contributed by atoms with Gasteiger partial charge in [0, 0.05) is 63.0 Å². The van der Waals surface area contributed by atoms with Crippen molar-refractivity contribution in [2.45, 2.75) is 82.2 Å². The van der Waals surface area contributed by atoms with Crippen molar-refractivity contribution in [1.29, 1.82) is 0 Å². The van der Waals surface area contributed by atoms with E-state index in [1.54, 1.807) is 13.0 Å². The maximum Gasteiger partial charge on any atom is 0.268 e. The molecule has 0 unspecified atom stereocenters. The van der Waals surface area contributed by atoms with Gasteiger partial charge in [-0.15, -0.1) is 0 Å². The first-order chi connectivity index (χ1) is 26.3. The highest BCUT2D eigenvalue weighted by molar-refractivity contribution is 7.92. The van der Waals surface area contributed by atoms with Crippen molar-refractivity contribution in [2.24, 2.45) is 5.73 Å². The molecule has 300 valence electrons. The molecule has 2 fully saturated rings. The van der Waals surface area contributed by atoms with E-state index in [0.717, 1.165) is 18.4 Å². The lowest BCUT2D eigenvalue weighted by atomic mass is 9.84. The maximum absolute atomic E-state index is 14.9. The zero-order valence-electron chi connectivity index (χ0n) is 30.4. The Labute approximate surface area is 322 Å². The fourth-order valence-electron chi connectivity index (χ4n) is 7.69. The molecule has 5 aromatic rings. The third-order valence-electron chi connectivity index (χ3n) is 10.5. The Kier molecular flexibility index (Phi) is 10.6. The summed E-state index contributed by atoms with van der Waals surface area (Å²) in [6.45, 7) is 2.19. The van der Waals surface area contributed by atoms with Crippen LogP contribution in [0.2, 0.25) is 5.02 Å². The number of aromatic nitrogens is 5. The van der Waals surface area contributed by atoms with Gasteiger partial charge < -0.3 is 10.6 Å². The number of hydrogen-bond donors (Lipinski definition) is 2. The standard InChI is InChI=1S/C37H39ClF6N8O3S/c1-20-15-27(22-5-7-36(41,42)8-6-22)46-32-29(20)35(53)52(34(47-32)26(45)18-21-16-23(39)19-24(40)17-21)28-4-3-25(38)30-31(28)51(48-33(30)49-56(2,54)55)14-13-50-11-9-37(43,44)10-12-50/h3-4,15-17,19,22,26H,5-14,18,45H2,1-2H3,(H,48,49)/t26-/m0/s1. The summed E-state index contributed by atoms with van der Waals surface area (Å²) in [7, 11) is -3.91. The number of piperidine rings is 1. The highest BCUT2D eigenvalue weighted by atomic mass is 35.5. The van der Waals surface area contributed by atoms with Crippen LogP contribution in [0.3, 0.4) is 0 Å². The normalized spacial score (nSPS) is 18.5. The first kappa shape index (κ1) is 40.0. The molecule has 1 saturated heterocycles. The molecule has 1 aliphatic carbocycles. The van der Waals surface area contributed by atoms with Gasteiger partial charge in [0.05, 0.1) is 45.8 Å². The third-order valence-corrected chi connectivity index (χ3v) is 11.4. The van der Waals surface area contributed by atoms with Crippen LogP contribution in [-0.4, -0.2) is 75.4 Å². The number of pyridine rings is 1. The van der Waals surface area contributed by atoms with Crippen molar-refractivity contribution in [2.75, 3.05) is 30.6 Å². The molecule has 3 N–H and O–H groups in total. The largest absolute Gasteiger partial charge is 0.321 e. The van der Waals surface area contributed by atoms with Crippen molar-refractivity contribution in [3.8, 4) is 5.69 Å². The van der Waals surface area contributed by atoms with E-state index in [1.807, 2.05) is 4.90 Å². The van der Waals surface area contributed by atoms with Crippen molar-refractivity contribution in [3.63, 3.8) is 0 Å². The number of sulfonamides is 1. The summed E-state index contributed by atoms with van der Waals surface area (Å²) in [5.41, 5.74) is 7.53. The SMILES string of the molecule is Cc1cc(C2CCC(F)(F)CC2)nc2nc([C@@H](N)Cc3cc(F)cc(F)c3)n(-c3ccc(Cl)c4c(NS(C)(=O)=O)nn(CCN5CCC(F)(F)CC5)c34)c(=O)c12. The van der Waals surface area contributed by atoms with Crippen LogP contribution in [0, 0.1) is 18.6 Å². The molecule has 2 aromatic carbocycles. The van der Waals surface area contributed by atoms with Crippen LogP contribution in [0.5, 0.6) is 0 Å². The molecule has 1 saturated carbocycles. The monoisotopic (exact) mass is 824 g/mol. The number of fused-ring (bicyclic) bond motifs is 2. The number of anilines is 1. The minimum absolute atomic E-state index is 0.00509. The number of rotatable bonds is 10. The Bertz CT molecular complexity index is 2470. The number of nitrogens with zero attached hydrogens (tertiary/aromatic N) is 6. The molecular formula is C37H39ClF6N8O3S. The molecule has 3 aromatic heterocycles. The second-order valence-corrected chi connectivity index (χ2v) is 17.0. The molecule has 4 heterocycles. The van der Waals surface area contributed by atoms with Gasteiger partial charge in [-0.2, -0.15) is 5.10 Å². The number of halogens is 7. The molecule has 19 heteroatoms. The molecule has 1 atom stereocenters. The van der Waals surface area contributed by atoms with E-state index in [4.69, 9.17) is 27.3 Å². The maximum atomic E-state index is 14.9. The van der Waals surface area contributed by atoms with Crippen LogP contribution in [0.15, 0.2) is 41.2 Å². The topological polar surface area (TPSA) is 141 Å². The Morgan fingerprint density at radius 3 is 2.23 bits per heavy atom. The van der Waals surface area contributed by atoms with E-state index in [9.17, 15) is 39.6 Å². The first-order valence-corrected chi connectivity index (χ1v) is 20.3. The van der Waals surface area contributed by atoms with Crippen molar-refractivity contribution < 1.29 is 34.8 Å². The highest BCUT2D eigenvalue weighted by Gasteiger charge is 2.37. The number of nitrogens with one attached hydrogen (secondary N) is 1. The summed E-state index contributed by atoms with van der Waals surface area (Å²) in [6, 6.07) is 6.32. The van der Waals surface area contributed by atoms with E-state index in [0.29, 0.717) is 17.3 Å². The highest BCUT2D eigenvalue weighted by Crippen LogP contribution is 2.41. The Morgan fingerprint density at radius 2 is 1.59 bits per heavy atom. The number of aryl methyl sites for hydroxylation is 1. The van der Waals surface area contributed by atoms with Gasteiger partial charge in [-0.3, -0.25) is 18.8 Å². The average molecular weight is 825 g/mol. The third kappa shape index (κ3) is 8.38. The molecule has 1 aliphatic heterocycles. The van der Waals surface area contributed by atoms with E-state index in [1.165, 1.54) is 21.4 Å². The van der Waals surface area contributed by atoms with Crippen molar-refractivity contribution >= 4 is 49.4 Å². The second kappa shape index (κ2) is 14.9. The molecular weight excluding hydrogens is 786 g/mol. The van der Waals surface area contributed by atoms with Crippen molar-refractivity contribution in [1.82, 2.24) is 29.2 Å². The van der Waals surface area contributed by atoms with Crippen LogP contribution >= 0.6 is 11.6 Å². The number of alkyl halides is 4. The minimum Gasteiger partial charge on any atom is -0.321 e. The summed E-state index contributed by atoms with van der Waals surface area (Å²) >= 11 is 6.71. The first-order valence-electron chi connectivity index (χ1n) is 18.1. The summed E-state index contributed by atoms with van der Waals surface area (Å²) in [6.07, 6.45) is -0.204. The van der Waals surface area contributed by atoms with E-state index >= 15 is 0 Å². The minimum atomic E-state index is -3.91. The molecule has 0 radical (unpaired) electrons. The summed E-state index contributed by atoms with van der Waals surface area (Å²) in [5.74, 6) is -7.80. The van der Waals surface area contributed by atoms with Gasteiger partial charge in [0.1, 0.15) is 17.5 Å². The Balaban J connectivity index is 1.43. The number of likely N-dealkylation sites (tertiary alicyclic amines) is 1. The number of hydrogen-bond acceptors (Lipinski definition) is 8. The van der Waals surface area contributed by atoms with E-state index in [-0.39, 0.29) is 127 Å². The summed E-state index contributed by atoms with van der Waals surface area (Å²) < 4.78 is 115. The molecule has 0 spiro atoms. The van der Waals surface area contributed by atoms with Crippen LogP contribution in [0.1, 0.15) is 73.1 Å². The molecule has 56 heavy (non-hydrogen) atoms. The Morgan fingerprint density at radius 1 is 0.946 bits per heavy atom. The molecule has 0 bridgehead atoms. The predicted molar refractivity (Wildman–Crippen MR) is 200 cm³/mol. The van der Waals surface area contributed by atoms with Crippen LogP contribution in [0.4, 0.5) is 32.2 Å². The fourth-order valence-corrected chi connectivity index (χ4v) is 8.43. The number of benzene rings is 2. The van der Waals surface area contributed by atoms with Gasteiger partial charge >= 0.3 is 0 Å². The molecule has 0 amide bonds.